The van der Waals surface area contributed by atoms with Crippen LogP contribution in [0.15, 0.2) is 82.6 Å². The second-order valence-corrected chi connectivity index (χ2v) is 9.29. The van der Waals surface area contributed by atoms with Crippen LogP contribution in [-0.4, -0.2) is 16.9 Å². The van der Waals surface area contributed by atoms with Gasteiger partial charge in [-0.05, 0) is 55.5 Å². The Labute approximate surface area is 208 Å². The van der Waals surface area contributed by atoms with Gasteiger partial charge in [0.25, 0.3) is 5.91 Å². The number of urea groups is 1. The summed E-state index contributed by atoms with van der Waals surface area (Å²) < 4.78 is 0.955. The highest BCUT2D eigenvalue weighted by molar-refractivity contribution is 9.10. The van der Waals surface area contributed by atoms with Crippen molar-refractivity contribution in [3.05, 3.63) is 98.8 Å². The van der Waals surface area contributed by atoms with Gasteiger partial charge in [-0.25, -0.2) is 9.78 Å². The molecule has 0 spiro atoms. The van der Waals surface area contributed by atoms with Gasteiger partial charge in [0.05, 0.1) is 5.69 Å². The average molecular weight is 542 g/mol. The molecular formula is C24H18BrClN4O2S. The van der Waals surface area contributed by atoms with E-state index in [4.69, 9.17) is 11.6 Å². The maximum atomic E-state index is 13.1. The molecule has 33 heavy (non-hydrogen) atoms. The van der Waals surface area contributed by atoms with Crippen molar-refractivity contribution in [3.63, 3.8) is 0 Å². The SMILES string of the molecule is Cc1ccc(C(=O)NN(C(=O)Nc2ccc(Cl)cc2)c2nc(-c3ccc(Br)cc3)cs2)cc1. The summed E-state index contributed by atoms with van der Waals surface area (Å²) in [5.74, 6) is -0.429. The zero-order valence-corrected chi connectivity index (χ0v) is 20.5. The maximum Gasteiger partial charge on any atom is 0.347 e. The molecule has 3 aromatic carbocycles. The Bertz CT molecular complexity index is 1280. The lowest BCUT2D eigenvalue weighted by atomic mass is 10.1. The summed E-state index contributed by atoms with van der Waals surface area (Å²) in [4.78, 5) is 30.6. The number of nitrogens with zero attached hydrogens (tertiary/aromatic N) is 2. The lowest BCUT2D eigenvalue weighted by molar-refractivity contribution is 0.0951. The molecule has 3 amide bonds. The Morgan fingerprint density at radius 2 is 1.64 bits per heavy atom. The van der Waals surface area contributed by atoms with Crippen LogP contribution in [0.2, 0.25) is 5.02 Å². The second-order valence-electron chi connectivity index (χ2n) is 7.10. The van der Waals surface area contributed by atoms with Gasteiger partial charge in [0.2, 0.25) is 5.13 Å². The molecule has 9 heteroatoms. The number of nitrogens with one attached hydrogen (secondary N) is 2. The molecule has 166 valence electrons. The molecule has 2 N–H and O–H groups in total. The molecular weight excluding hydrogens is 524 g/mol. The second kappa shape index (κ2) is 10.2. The van der Waals surface area contributed by atoms with Gasteiger partial charge in [0.1, 0.15) is 0 Å². The van der Waals surface area contributed by atoms with Gasteiger partial charge in [0, 0.05) is 31.7 Å². The standard InChI is InChI=1S/C24H18BrClN4O2S/c1-15-2-4-17(5-3-15)22(31)29-30(23(32)27-20-12-10-19(26)11-13-20)24-28-21(14-33-24)16-6-8-18(25)9-7-16/h2-14H,1H3,(H,27,32)(H,29,31). The zero-order valence-electron chi connectivity index (χ0n) is 17.4. The first kappa shape index (κ1) is 23.0. The van der Waals surface area contributed by atoms with Crippen LogP contribution in [0.1, 0.15) is 15.9 Å². The summed E-state index contributed by atoms with van der Waals surface area (Å²) >= 11 is 10.6. The van der Waals surface area contributed by atoms with Crippen molar-refractivity contribution >= 4 is 61.6 Å². The third kappa shape index (κ3) is 5.78. The molecule has 6 nitrogen and oxygen atoms in total. The summed E-state index contributed by atoms with van der Waals surface area (Å²) in [6.45, 7) is 1.94. The number of carbonyl (C=O) groups is 2. The highest BCUT2D eigenvalue weighted by atomic mass is 79.9. The van der Waals surface area contributed by atoms with Crippen molar-refractivity contribution in [1.29, 1.82) is 0 Å². The van der Waals surface area contributed by atoms with E-state index in [0.717, 1.165) is 20.6 Å². The minimum atomic E-state index is -0.561. The van der Waals surface area contributed by atoms with Gasteiger partial charge in [-0.1, -0.05) is 57.4 Å². The lowest BCUT2D eigenvalue weighted by Crippen LogP contribution is -2.48. The normalized spacial score (nSPS) is 10.5. The van der Waals surface area contributed by atoms with Crippen molar-refractivity contribution < 1.29 is 9.59 Å². The smallest absolute Gasteiger partial charge is 0.306 e. The van der Waals surface area contributed by atoms with Gasteiger partial charge >= 0.3 is 6.03 Å². The fraction of sp³-hybridized carbons (Fsp3) is 0.0417. The van der Waals surface area contributed by atoms with E-state index >= 15 is 0 Å². The van der Waals surface area contributed by atoms with Crippen LogP contribution in [0.25, 0.3) is 11.3 Å². The molecule has 0 bridgehead atoms. The van der Waals surface area contributed by atoms with Gasteiger partial charge in [-0.3, -0.25) is 10.2 Å². The summed E-state index contributed by atoms with van der Waals surface area (Å²) in [6, 6.07) is 20.9. The van der Waals surface area contributed by atoms with E-state index in [2.05, 4.69) is 31.7 Å². The molecule has 0 fully saturated rings. The van der Waals surface area contributed by atoms with Crippen LogP contribution in [0.5, 0.6) is 0 Å². The van der Waals surface area contributed by atoms with E-state index in [9.17, 15) is 9.59 Å². The average Bonchev–Trinajstić information content (AvgIpc) is 3.29. The van der Waals surface area contributed by atoms with Crippen molar-refractivity contribution in [2.24, 2.45) is 0 Å². The first-order valence-corrected chi connectivity index (χ1v) is 11.9. The molecule has 4 aromatic rings. The molecule has 0 unspecified atom stereocenters. The molecule has 0 radical (unpaired) electrons. The Kier molecular flexibility index (Phi) is 7.08. The van der Waals surface area contributed by atoms with Crippen LogP contribution in [0, 0.1) is 6.92 Å². The number of aromatic nitrogens is 1. The van der Waals surface area contributed by atoms with Crippen molar-refractivity contribution in [2.45, 2.75) is 6.92 Å². The quantitative estimate of drug-likeness (QED) is 0.275. The Morgan fingerprint density at radius 1 is 0.970 bits per heavy atom. The minimum absolute atomic E-state index is 0.319. The van der Waals surface area contributed by atoms with Crippen molar-refractivity contribution in [1.82, 2.24) is 10.4 Å². The predicted octanol–water partition coefficient (Wildman–Crippen LogP) is 6.92. The minimum Gasteiger partial charge on any atom is -0.306 e. The highest BCUT2D eigenvalue weighted by Crippen LogP contribution is 2.28. The van der Waals surface area contributed by atoms with Crippen molar-refractivity contribution in [3.8, 4) is 11.3 Å². The number of thiazole rings is 1. The summed E-state index contributed by atoms with van der Waals surface area (Å²) in [6.07, 6.45) is 0. The Morgan fingerprint density at radius 3 is 2.30 bits per heavy atom. The Balaban J connectivity index is 1.62. The third-order valence-corrected chi connectivity index (χ3v) is 6.26. The number of aryl methyl sites for hydroxylation is 1. The molecule has 4 rings (SSSR count). The summed E-state index contributed by atoms with van der Waals surface area (Å²) in [7, 11) is 0. The largest absolute Gasteiger partial charge is 0.347 e. The van der Waals surface area contributed by atoms with E-state index in [1.807, 2.05) is 48.7 Å². The number of hydrogen-bond donors (Lipinski definition) is 2. The monoisotopic (exact) mass is 540 g/mol. The molecule has 0 saturated carbocycles. The molecule has 0 atom stereocenters. The predicted molar refractivity (Wildman–Crippen MR) is 137 cm³/mol. The number of hydrazine groups is 1. The number of carbonyl (C=O) groups excluding carboxylic acids is 2. The van der Waals surface area contributed by atoms with Crippen LogP contribution >= 0.6 is 38.9 Å². The fourth-order valence-electron chi connectivity index (χ4n) is 2.89. The van der Waals surface area contributed by atoms with Gasteiger partial charge < -0.3 is 5.32 Å². The van der Waals surface area contributed by atoms with Gasteiger partial charge in [-0.15, -0.1) is 11.3 Å². The lowest BCUT2D eigenvalue weighted by Gasteiger charge is -2.21. The molecule has 1 heterocycles. The van der Waals surface area contributed by atoms with Crippen LogP contribution in [-0.2, 0) is 0 Å². The first-order chi connectivity index (χ1) is 15.9. The van der Waals surface area contributed by atoms with Gasteiger partial charge in [-0.2, -0.15) is 5.01 Å². The molecule has 0 aliphatic rings. The molecule has 0 saturated heterocycles. The molecule has 0 aliphatic carbocycles. The number of hydrogen-bond acceptors (Lipinski definition) is 4. The summed E-state index contributed by atoms with van der Waals surface area (Å²) in [5.41, 5.74) is 6.24. The number of rotatable bonds is 4. The van der Waals surface area contributed by atoms with Crippen LogP contribution in [0.3, 0.4) is 0 Å². The van der Waals surface area contributed by atoms with Crippen LogP contribution in [0.4, 0.5) is 15.6 Å². The third-order valence-electron chi connectivity index (χ3n) is 4.65. The number of benzene rings is 3. The van der Waals surface area contributed by atoms with Gasteiger partial charge in [0.15, 0.2) is 0 Å². The van der Waals surface area contributed by atoms with E-state index in [0.29, 0.717) is 27.1 Å². The number of amides is 3. The molecule has 0 aliphatic heterocycles. The number of anilines is 2. The van der Waals surface area contributed by atoms with E-state index < -0.39 is 11.9 Å². The zero-order chi connectivity index (χ0) is 23.4. The first-order valence-electron chi connectivity index (χ1n) is 9.85. The van der Waals surface area contributed by atoms with Crippen molar-refractivity contribution in [2.75, 3.05) is 10.3 Å². The van der Waals surface area contributed by atoms with Crippen LogP contribution < -0.4 is 15.8 Å². The molecule has 1 aromatic heterocycles. The highest BCUT2D eigenvalue weighted by Gasteiger charge is 2.23. The fourth-order valence-corrected chi connectivity index (χ4v) is 4.07. The van der Waals surface area contributed by atoms with E-state index in [1.165, 1.54) is 11.3 Å². The maximum absolute atomic E-state index is 13.1. The van der Waals surface area contributed by atoms with E-state index in [1.54, 1.807) is 36.4 Å². The van der Waals surface area contributed by atoms with E-state index in [-0.39, 0.29) is 0 Å². The summed E-state index contributed by atoms with van der Waals surface area (Å²) in [5, 5.41) is 6.58. The number of halogens is 2. The Hall–Kier alpha value is -3.20. The topological polar surface area (TPSA) is 74.3 Å².